The predicted octanol–water partition coefficient (Wildman–Crippen LogP) is 3.17. The lowest BCUT2D eigenvalue weighted by atomic mass is 10.1. The molecule has 7 heteroatoms. The van der Waals surface area contributed by atoms with Gasteiger partial charge in [-0.15, -0.1) is 0 Å². The number of hydrogen-bond donors (Lipinski definition) is 1. The molecule has 1 aromatic carbocycles. The summed E-state index contributed by atoms with van der Waals surface area (Å²) >= 11 is 0. The standard InChI is InChI=1S/C21H24FN3O3/c1-3-27-18-7-5-15(11-19(18)28-4-2)9-10-23-21(26)12-17-14-25-13-16(22)6-8-20(25)24-17/h5-8,11,13-14H,3-4,9-10,12H2,1-2H3,(H,23,26). The van der Waals surface area contributed by atoms with Gasteiger partial charge in [-0.25, -0.2) is 9.37 Å². The highest BCUT2D eigenvalue weighted by atomic mass is 19.1. The highest BCUT2D eigenvalue weighted by molar-refractivity contribution is 5.78. The van der Waals surface area contributed by atoms with Crippen molar-refractivity contribution < 1.29 is 18.7 Å². The number of fused-ring (bicyclic) bond motifs is 1. The Bertz CT molecular complexity index is 955. The summed E-state index contributed by atoms with van der Waals surface area (Å²) in [4.78, 5) is 16.5. The number of rotatable bonds is 9. The molecule has 1 amide bonds. The minimum absolute atomic E-state index is 0.125. The number of benzene rings is 1. The van der Waals surface area contributed by atoms with Crippen LogP contribution in [0.15, 0.2) is 42.7 Å². The molecule has 0 saturated carbocycles. The average molecular weight is 385 g/mol. The van der Waals surface area contributed by atoms with Crippen LogP contribution in [0.3, 0.4) is 0 Å². The lowest BCUT2D eigenvalue weighted by Gasteiger charge is -2.12. The third-order valence-electron chi connectivity index (χ3n) is 4.15. The molecule has 3 rings (SSSR count). The molecule has 3 aromatic rings. The van der Waals surface area contributed by atoms with E-state index in [1.54, 1.807) is 16.7 Å². The van der Waals surface area contributed by atoms with Gasteiger partial charge in [0.2, 0.25) is 5.91 Å². The maximum absolute atomic E-state index is 13.2. The van der Waals surface area contributed by atoms with Crippen molar-refractivity contribution in [2.75, 3.05) is 19.8 Å². The van der Waals surface area contributed by atoms with Crippen LogP contribution in [0.25, 0.3) is 5.65 Å². The third kappa shape index (κ3) is 5.00. The van der Waals surface area contributed by atoms with Gasteiger partial charge >= 0.3 is 0 Å². The van der Waals surface area contributed by atoms with Crippen LogP contribution in [-0.2, 0) is 17.6 Å². The molecular weight excluding hydrogens is 361 g/mol. The summed E-state index contributed by atoms with van der Waals surface area (Å²) in [5.74, 6) is 0.966. The van der Waals surface area contributed by atoms with Crippen molar-refractivity contribution in [3.05, 3.63) is 59.8 Å². The molecule has 6 nitrogen and oxygen atoms in total. The van der Waals surface area contributed by atoms with Crippen molar-refractivity contribution >= 4 is 11.6 Å². The molecule has 0 bridgehead atoms. The smallest absolute Gasteiger partial charge is 0.226 e. The van der Waals surface area contributed by atoms with Gasteiger partial charge in [0.05, 0.1) is 25.3 Å². The van der Waals surface area contributed by atoms with E-state index in [0.717, 1.165) is 11.3 Å². The first-order valence-electron chi connectivity index (χ1n) is 9.37. The molecule has 0 radical (unpaired) electrons. The van der Waals surface area contributed by atoms with E-state index in [9.17, 15) is 9.18 Å². The van der Waals surface area contributed by atoms with Crippen molar-refractivity contribution in [3.8, 4) is 11.5 Å². The number of pyridine rings is 1. The van der Waals surface area contributed by atoms with Crippen molar-refractivity contribution in [2.45, 2.75) is 26.7 Å². The fourth-order valence-corrected chi connectivity index (χ4v) is 2.93. The fourth-order valence-electron chi connectivity index (χ4n) is 2.93. The third-order valence-corrected chi connectivity index (χ3v) is 4.15. The van der Waals surface area contributed by atoms with E-state index in [1.807, 2.05) is 32.0 Å². The molecule has 0 unspecified atom stereocenters. The lowest BCUT2D eigenvalue weighted by Crippen LogP contribution is -2.27. The number of ether oxygens (including phenoxy) is 2. The van der Waals surface area contributed by atoms with E-state index in [0.29, 0.717) is 43.3 Å². The Hall–Kier alpha value is -3.09. The molecular formula is C21H24FN3O3. The maximum Gasteiger partial charge on any atom is 0.226 e. The topological polar surface area (TPSA) is 64.9 Å². The zero-order valence-corrected chi connectivity index (χ0v) is 16.1. The summed E-state index contributed by atoms with van der Waals surface area (Å²) < 4.78 is 26.0. The van der Waals surface area contributed by atoms with E-state index in [2.05, 4.69) is 10.3 Å². The van der Waals surface area contributed by atoms with Crippen molar-refractivity contribution in [2.24, 2.45) is 0 Å². The molecule has 0 fully saturated rings. The molecule has 0 spiro atoms. The first-order valence-corrected chi connectivity index (χ1v) is 9.37. The summed E-state index contributed by atoms with van der Waals surface area (Å²) in [5, 5.41) is 2.89. The van der Waals surface area contributed by atoms with Crippen LogP contribution in [0.4, 0.5) is 4.39 Å². The Morgan fingerprint density at radius 2 is 1.89 bits per heavy atom. The highest BCUT2D eigenvalue weighted by Crippen LogP contribution is 2.28. The minimum atomic E-state index is -0.345. The van der Waals surface area contributed by atoms with Gasteiger partial charge in [-0.3, -0.25) is 4.79 Å². The van der Waals surface area contributed by atoms with Gasteiger partial charge < -0.3 is 19.2 Å². The number of amides is 1. The largest absolute Gasteiger partial charge is 0.490 e. The van der Waals surface area contributed by atoms with E-state index >= 15 is 0 Å². The monoisotopic (exact) mass is 385 g/mol. The summed E-state index contributed by atoms with van der Waals surface area (Å²) in [6.45, 7) is 5.49. The molecule has 0 aliphatic rings. The predicted molar refractivity (Wildman–Crippen MR) is 104 cm³/mol. The Kier molecular flexibility index (Phi) is 6.47. The molecule has 148 valence electrons. The van der Waals surface area contributed by atoms with Gasteiger partial charge in [-0.2, -0.15) is 0 Å². The van der Waals surface area contributed by atoms with Crippen LogP contribution >= 0.6 is 0 Å². The summed E-state index contributed by atoms with van der Waals surface area (Å²) in [6.07, 6.45) is 3.83. The number of aromatic nitrogens is 2. The van der Waals surface area contributed by atoms with E-state index in [-0.39, 0.29) is 18.1 Å². The Morgan fingerprint density at radius 3 is 2.68 bits per heavy atom. The summed E-state index contributed by atoms with van der Waals surface area (Å²) in [6, 6.07) is 8.73. The van der Waals surface area contributed by atoms with Crippen LogP contribution in [0, 0.1) is 5.82 Å². The molecule has 0 saturated heterocycles. The number of nitrogens with one attached hydrogen (secondary N) is 1. The first-order chi connectivity index (χ1) is 13.6. The maximum atomic E-state index is 13.2. The van der Waals surface area contributed by atoms with Gasteiger partial charge in [0.1, 0.15) is 11.5 Å². The summed E-state index contributed by atoms with van der Waals surface area (Å²) in [5.41, 5.74) is 2.26. The zero-order chi connectivity index (χ0) is 19.9. The van der Waals surface area contributed by atoms with Crippen molar-refractivity contribution in [1.29, 1.82) is 0 Å². The van der Waals surface area contributed by atoms with Gasteiger partial charge in [-0.05, 0) is 50.1 Å². The molecule has 0 aliphatic carbocycles. The van der Waals surface area contributed by atoms with Gasteiger partial charge in [0, 0.05) is 18.9 Å². The molecule has 0 atom stereocenters. The fraction of sp³-hybridized carbons (Fsp3) is 0.333. The SMILES string of the molecule is CCOc1ccc(CCNC(=O)Cc2cn3cc(F)ccc3n2)cc1OCC. The van der Waals surface area contributed by atoms with E-state index < -0.39 is 0 Å². The van der Waals surface area contributed by atoms with Crippen LogP contribution in [-0.4, -0.2) is 35.1 Å². The van der Waals surface area contributed by atoms with E-state index in [1.165, 1.54) is 12.3 Å². The first kappa shape index (κ1) is 19.7. The van der Waals surface area contributed by atoms with Crippen LogP contribution in [0.1, 0.15) is 25.1 Å². The number of carbonyl (C=O) groups excluding carboxylic acids is 1. The molecule has 2 aromatic heterocycles. The number of carbonyl (C=O) groups is 1. The van der Waals surface area contributed by atoms with Crippen LogP contribution < -0.4 is 14.8 Å². The second-order valence-electron chi connectivity index (χ2n) is 6.27. The second-order valence-corrected chi connectivity index (χ2v) is 6.27. The second kappa shape index (κ2) is 9.21. The lowest BCUT2D eigenvalue weighted by molar-refractivity contribution is -0.120. The Balaban J connectivity index is 1.53. The number of halogens is 1. The Morgan fingerprint density at radius 1 is 1.11 bits per heavy atom. The van der Waals surface area contributed by atoms with Gasteiger partial charge in [0.15, 0.2) is 11.5 Å². The van der Waals surface area contributed by atoms with Gasteiger partial charge in [-0.1, -0.05) is 6.07 Å². The molecule has 28 heavy (non-hydrogen) atoms. The highest BCUT2D eigenvalue weighted by Gasteiger charge is 2.09. The van der Waals surface area contributed by atoms with Crippen molar-refractivity contribution in [1.82, 2.24) is 14.7 Å². The quantitative estimate of drug-likeness (QED) is 0.615. The average Bonchev–Trinajstić information content (AvgIpc) is 3.05. The molecule has 0 aliphatic heterocycles. The summed E-state index contributed by atoms with van der Waals surface area (Å²) in [7, 11) is 0. The molecule has 1 N–H and O–H groups in total. The number of hydrogen-bond acceptors (Lipinski definition) is 4. The number of imidazole rings is 1. The van der Waals surface area contributed by atoms with Crippen molar-refractivity contribution in [3.63, 3.8) is 0 Å². The van der Waals surface area contributed by atoms with E-state index in [4.69, 9.17) is 9.47 Å². The normalized spacial score (nSPS) is 10.8. The molecule has 2 heterocycles. The van der Waals surface area contributed by atoms with Gasteiger partial charge in [0.25, 0.3) is 0 Å². The minimum Gasteiger partial charge on any atom is -0.490 e. The Labute approximate surface area is 163 Å². The van der Waals surface area contributed by atoms with Crippen LogP contribution in [0.5, 0.6) is 11.5 Å². The number of nitrogens with zero attached hydrogens (tertiary/aromatic N) is 2. The van der Waals surface area contributed by atoms with Crippen LogP contribution in [0.2, 0.25) is 0 Å². The zero-order valence-electron chi connectivity index (χ0n) is 16.1.